The molecule has 0 saturated carbocycles. The van der Waals surface area contributed by atoms with Crippen LogP contribution < -0.4 is 4.74 Å². The summed E-state index contributed by atoms with van der Waals surface area (Å²) < 4.78 is 6.92. The van der Waals surface area contributed by atoms with Crippen molar-refractivity contribution in [3.05, 3.63) is 69.7 Å². The first-order valence-corrected chi connectivity index (χ1v) is 8.09. The lowest BCUT2D eigenvalue weighted by Gasteiger charge is -2.13. The number of ether oxygens (including phenoxy) is 1. The molecule has 0 saturated heterocycles. The van der Waals surface area contributed by atoms with E-state index in [1.165, 1.54) is 0 Å². The summed E-state index contributed by atoms with van der Waals surface area (Å²) >= 11 is 15.7. The molecule has 0 aliphatic rings. The smallest absolute Gasteiger partial charge is 0.142 e. The molecule has 0 radical (unpaired) electrons. The normalized spacial score (nSPS) is 10.8. The molecule has 4 heteroatoms. The highest BCUT2D eigenvalue weighted by Crippen LogP contribution is 2.38. The predicted molar refractivity (Wildman–Crippen MR) is 92.7 cm³/mol. The van der Waals surface area contributed by atoms with Crippen LogP contribution in [-0.4, -0.2) is 0 Å². The Balaban J connectivity index is 2.07. The molecule has 1 nitrogen and oxygen atoms in total. The van der Waals surface area contributed by atoms with Crippen LogP contribution in [0.3, 0.4) is 0 Å². The van der Waals surface area contributed by atoms with Crippen LogP contribution in [0.2, 0.25) is 5.02 Å². The van der Waals surface area contributed by atoms with Gasteiger partial charge in [-0.2, -0.15) is 0 Å². The summed E-state index contributed by atoms with van der Waals surface area (Å²) in [5, 5.41) is 2.87. The Morgan fingerprint density at radius 2 is 1.71 bits per heavy atom. The maximum atomic E-state index is 6.15. The van der Waals surface area contributed by atoms with Crippen molar-refractivity contribution >= 4 is 49.9 Å². The third-order valence-electron chi connectivity index (χ3n) is 3.26. The average Bonchev–Trinajstić information content (AvgIpc) is 2.50. The standard InChI is InChI=1S/C17H11BrCl2O/c18-17-12-5-2-1-4-11(12)8-9-16(17)21-15-7-3-6-14(20)13(15)10-19/h1-9H,10H2. The molecule has 3 rings (SSSR count). The van der Waals surface area contributed by atoms with Crippen LogP contribution >= 0.6 is 39.1 Å². The molecule has 3 aromatic rings. The highest BCUT2D eigenvalue weighted by Gasteiger charge is 2.11. The Morgan fingerprint density at radius 1 is 0.905 bits per heavy atom. The number of halogens is 3. The van der Waals surface area contributed by atoms with E-state index in [-0.39, 0.29) is 0 Å². The Labute approximate surface area is 141 Å². The molecule has 0 aliphatic heterocycles. The molecule has 106 valence electrons. The molecule has 0 spiro atoms. The van der Waals surface area contributed by atoms with Crippen molar-refractivity contribution in [3.8, 4) is 11.5 Å². The maximum absolute atomic E-state index is 6.15. The van der Waals surface area contributed by atoms with E-state index in [9.17, 15) is 0 Å². The second-order valence-electron chi connectivity index (χ2n) is 4.55. The zero-order valence-corrected chi connectivity index (χ0v) is 14.0. The topological polar surface area (TPSA) is 9.23 Å². The number of alkyl halides is 1. The summed E-state index contributed by atoms with van der Waals surface area (Å²) in [5.74, 6) is 1.72. The van der Waals surface area contributed by atoms with Gasteiger partial charge in [0.1, 0.15) is 11.5 Å². The van der Waals surface area contributed by atoms with E-state index in [0.717, 1.165) is 26.6 Å². The lowest BCUT2D eigenvalue weighted by atomic mass is 10.1. The van der Waals surface area contributed by atoms with Crippen LogP contribution in [0.4, 0.5) is 0 Å². The van der Waals surface area contributed by atoms with Crippen LogP contribution in [0.5, 0.6) is 11.5 Å². The molecule has 0 heterocycles. The average molecular weight is 382 g/mol. The van der Waals surface area contributed by atoms with Gasteiger partial charge in [0.05, 0.1) is 10.4 Å². The highest BCUT2D eigenvalue weighted by atomic mass is 79.9. The molecule has 21 heavy (non-hydrogen) atoms. The van der Waals surface area contributed by atoms with Gasteiger partial charge in [-0.15, -0.1) is 11.6 Å². The number of rotatable bonds is 3. The van der Waals surface area contributed by atoms with Crippen LogP contribution in [-0.2, 0) is 5.88 Å². The number of hydrogen-bond acceptors (Lipinski definition) is 1. The fourth-order valence-corrected chi connectivity index (χ4v) is 3.33. The quantitative estimate of drug-likeness (QED) is 0.454. The van der Waals surface area contributed by atoms with Gasteiger partial charge >= 0.3 is 0 Å². The van der Waals surface area contributed by atoms with Crippen molar-refractivity contribution in [3.63, 3.8) is 0 Å². The summed E-state index contributed by atoms with van der Waals surface area (Å²) in [6, 6.07) is 17.6. The SMILES string of the molecule is ClCc1c(Cl)cccc1Oc1ccc2ccccc2c1Br. The zero-order chi connectivity index (χ0) is 14.8. The van der Waals surface area contributed by atoms with Crippen LogP contribution in [0.15, 0.2) is 59.1 Å². The number of hydrogen-bond donors (Lipinski definition) is 0. The molecular formula is C17H11BrCl2O. The molecule has 0 fully saturated rings. The fourth-order valence-electron chi connectivity index (χ4n) is 2.18. The summed E-state index contributed by atoms with van der Waals surface area (Å²) in [4.78, 5) is 0. The molecular weight excluding hydrogens is 371 g/mol. The lowest BCUT2D eigenvalue weighted by Crippen LogP contribution is -1.92. The Hall–Kier alpha value is -1.22. The molecule has 0 unspecified atom stereocenters. The van der Waals surface area contributed by atoms with Crippen molar-refractivity contribution in [2.24, 2.45) is 0 Å². The van der Waals surface area contributed by atoms with Gasteiger partial charge in [0, 0.05) is 10.6 Å². The largest absolute Gasteiger partial charge is 0.456 e. The van der Waals surface area contributed by atoms with Gasteiger partial charge in [0.15, 0.2) is 0 Å². The van der Waals surface area contributed by atoms with E-state index in [1.807, 2.05) is 48.5 Å². The second-order valence-corrected chi connectivity index (χ2v) is 6.02. The first kappa shape index (κ1) is 14.7. The van der Waals surface area contributed by atoms with E-state index < -0.39 is 0 Å². The number of fused-ring (bicyclic) bond motifs is 1. The summed E-state index contributed by atoms with van der Waals surface area (Å²) in [5.41, 5.74) is 0.792. The van der Waals surface area contributed by atoms with Gasteiger partial charge in [-0.25, -0.2) is 0 Å². The molecule has 0 N–H and O–H groups in total. The van der Waals surface area contributed by atoms with Gasteiger partial charge in [0.2, 0.25) is 0 Å². The Morgan fingerprint density at radius 3 is 2.52 bits per heavy atom. The molecule has 0 aromatic heterocycles. The van der Waals surface area contributed by atoms with Gasteiger partial charge in [-0.05, 0) is 44.9 Å². The minimum Gasteiger partial charge on any atom is -0.456 e. The van der Waals surface area contributed by atoms with Gasteiger partial charge < -0.3 is 4.74 Å². The molecule has 0 aliphatic carbocycles. The maximum Gasteiger partial charge on any atom is 0.142 e. The summed E-state index contributed by atoms with van der Waals surface area (Å²) in [7, 11) is 0. The summed E-state index contributed by atoms with van der Waals surface area (Å²) in [6.07, 6.45) is 0. The summed E-state index contributed by atoms with van der Waals surface area (Å²) in [6.45, 7) is 0. The van der Waals surface area contributed by atoms with Crippen molar-refractivity contribution in [2.45, 2.75) is 5.88 Å². The van der Waals surface area contributed by atoms with E-state index in [1.54, 1.807) is 0 Å². The fraction of sp³-hybridized carbons (Fsp3) is 0.0588. The highest BCUT2D eigenvalue weighted by molar-refractivity contribution is 9.10. The first-order chi connectivity index (χ1) is 10.2. The minimum absolute atomic E-state index is 0.306. The first-order valence-electron chi connectivity index (χ1n) is 6.39. The minimum atomic E-state index is 0.306. The molecule has 3 aromatic carbocycles. The monoisotopic (exact) mass is 380 g/mol. The Bertz CT molecular complexity index is 802. The second kappa shape index (κ2) is 6.27. The number of benzene rings is 3. The third kappa shape index (κ3) is 2.89. The van der Waals surface area contributed by atoms with Crippen molar-refractivity contribution < 1.29 is 4.74 Å². The predicted octanol–water partition coefficient (Wildman–Crippen LogP) is 6.79. The van der Waals surface area contributed by atoms with E-state index >= 15 is 0 Å². The van der Waals surface area contributed by atoms with Crippen LogP contribution in [0.1, 0.15) is 5.56 Å². The van der Waals surface area contributed by atoms with Crippen molar-refractivity contribution in [1.29, 1.82) is 0 Å². The third-order valence-corrected chi connectivity index (χ3v) is 4.70. The van der Waals surface area contributed by atoms with Crippen molar-refractivity contribution in [1.82, 2.24) is 0 Å². The van der Waals surface area contributed by atoms with Gasteiger partial charge in [0.25, 0.3) is 0 Å². The van der Waals surface area contributed by atoms with E-state index in [4.69, 9.17) is 27.9 Å². The van der Waals surface area contributed by atoms with Crippen LogP contribution in [0, 0.1) is 0 Å². The lowest BCUT2D eigenvalue weighted by molar-refractivity contribution is 0.476. The molecule has 0 amide bonds. The van der Waals surface area contributed by atoms with Gasteiger partial charge in [-0.3, -0.25) is 0 Å². The van der Waals surface area contributed by atoms with E-state index in [0.29, 0.717) is 16.7 Å². The van der Waals surface area contributed by atoms with Crippen molar-refractivity contribution in [2.75, 3.05) is 0 Å². The van der Waals surface area contributed by atoms with Gasteiger partial charge in [-0.1, -0.05) is 48.0 Å². The zero-order valence-electron chi connectivity index (χ0n) is 10.9. The Kier molecular flexibility index (Phi) is 4.39. The van der Waals surface area contributed by atoms with Crippen LogP contribution in [0.25, 0.3) is 10.8 Å². The van der Waals surface area contributed by atoms with E-state index in [2.05, 4.69) is 22.0 Å². The molecule has 0 atom stereocenters. The molecule has 0 bridgehead atoms.